The molecule has 1 fully saturated rings. The van der Waals surface area contributed by atoms with E-state index in [2.05, 4.69) is 0 Å². The van der Waals surface area contributed by atoms with Crippen LogP contribution in [-0.2, 0) is 30.5 Å². The molecule has 1 N–H and O–H groups in total. The standard InChI is InChI=1S/C26H28N2O7/c1-26(2,3)35-21(30)13-19-23(31)27-20(14-29)17-11-7-8-12-18(17)22(27)24(32)28(19)25(33)34-15-16-9-5-4-6-10-16/h4-12,14,19-20,22,24,32H,13,15H2,1-3H3/t19-,20-,22-,24-/m0/s1. The van der Waals surface area contributed by atoms with E-state index in [4.69, 9.17) is 9.47 Å². The third-order valence-corrected chi connectivity index (χ3v) is 6.00. The molecule has 0 bridgehead atoms. The topological polar surface area (TPSA) is 113 Å². The van der Waals surface area contributed by atoms with Crippen LogP contribution < -0.4 is 0 Å². The molecule has 4 atom stereocenters. The van der Waals surface area contributed by atoms with E-state index in [0.717, 1.165) is 10.5 Å². The Morgan fingerprint density at radius 3 is 2.29 bits per heavy atom. The van der Waals surface area contributed by atoms with E-state index < -0.39 is 54.3 Å². The van der Waals surface area contributed by atoms with E-state index in [9.17, 15) is 24.3 Å². The van der Waals surface area contributed by atoms with Gasteiger partial charge in [-0.25, -0.2) is 4.79 Å². The molecule has 2 amide bonds. The van der Waals surface area contributed by atoms with Crippen molar-refractivity contribution in [1.29, 1.82) is 0 Å². The highest BCUT2D eigenvalue weighted by Crippen LogP contribution is 2.47. The SMILES string of the molecule is CC(C)(C)OC(=O)C[C@H]1C(=O)N2[C@@H](C=O)c3ccccc3[C@H]2[C@H](O)N1C(=O)OCc1ccccc1. The summed E-state index contributed by atoms with van der Waals surface area (Å²) in [7, 11) is 0. The lowest BCUT2D eigenvalue weighted by atomic mass is 9.98. The molecule has 0 saturated carbocycles. The number of nitrogens with zero attached hydrogens (tertiary/aromatic N) is 2. The molecular formula is C26H28N2O7. The molecule has 35 heavy (non-hydrogen) atoms. The Labute approximate surface area is 203 Å². The van der Waals surface area contributed by atoms with E-state index in [0.29, 0.717) is 17.4 Å². The second kappa shape index (κ2) is 9.50. The number of hydrogen-bond acceptors (Lipinski definition) is 7. The number of hydrogen-bond donors (Lipinski definition) is 1. The van der Waals surface area contributed by atoms with E-state index in [1.807, 2.05) is 6.07 Å². The molecule has 0 spiro atoms. The van der Waals surface area contributed by atoms with Crippen molar-refractivity contribution < 1.29 is 33.8 Å². The summed E-state index contributed by atoms with van der Waals surface area (Å²) < 4.78 is 10.8. The van der Waals surface area contributed by atoms with Crippen molar-refractivity contribution in [1.82, 2.24) is 9.80 Å². The molecule has 9 heteroatoms. The third kappa shape index (κ3) is 4.77. The molecule has 2 aliphatic rings. The lowest BCUT2D eigenvalue weighted by Crippen LogP contribution is -2.64. The van der Waals surface area contributed by atoms with E-state index >= 15 is 0 Å². The number of ether oxygens (including phenoxy) is 2. The zero-order valence-electron chi connectivity index (χ0n) is 19.8. The first-order valence-corrected chi connectivity index (χ1v) is 11.4. The second-order valence-corrected chi connectivity index (χ2v) is 9.57. The van der Waals surface area contributed by atoms with E-state index in [-0.39, 0.29) is 6.61 Å². The third-order valence-electron chi connectivity index (χ3n) is 6.00. The highest BCUT2D eigenvalue weighted by Gasteiger charge is 2.56. The Bertz CT molecular complexity index is 1130. The molecule has 0 radical (unpaired) electrons. The van der Waals surface area contributed by atoms with Crippen LogP contribution in [0.2, 0.25) is 0 Å². The summed E-state index contributed by atoms with van der Waals surface area (Å²) in [6.45, 7) is 4.97. The number of fused-ring (bicyclic) bond motifs is 3. The van der Waals surface area contributed by atoms with Crippen LogP contribution >= 0.6 is 0 Å². The molecule has 0 unspecified atom stereocenters. The number of aliphatic hydroxyl groups is 1. The number of benzene rings is 2. The Balaban J connectivity index is 1.68. The van der Waals surface area contributed by atoms with Gasteiger partial charge in [0.25, 0.3) is 0 Å². The fraction of sp³-hybridized carbons (Fsp3) is 0.385. The number of aliphatic hydroxyl groups excluding tert-OH is 1. The fourth-order valence-corrected chi connectivity index (χ4v) is 4.62. The maximum absolute atomic E-state index is 13.7. The number of esters is 1. The minimum atomic E-state index is -1.55. The quantitative estimate of drug-likeness (QED) is 0.517. The summed E-state index contributed by atoms with van der Waals surface area (Å²) in [5.74, 6) is -1.36. The molecule has 2 aromatic rings. The van der Waals surface area contributed by atoms with Crippen LogP contribution in [-0.4, -0.2) is 57.0 Å². The summed E-state index contributed by atoms with van der Waals surface area (Å²) in [4.78, 5) is 53.7. The van der Waals surface area contributed by atoms with Crippen LogP contribution in [0, 0.1) is 0 Å². The van der Waals surface area contributed by atoms with Crippen molar-refractivity contribution in [3.8, 4) is 0 Å². The van der Waals surface area contributed by atoms with Gasteiger partial charge in [-0.3, -0.25) is 14.5 Å². The van der Waals surface area contributed by atoms with Gasteiger partial charge >= 0.3 is 12.1 Å². The van der Waals surface area contributed by atoms with Gasteiger partial charge in [0.2, 0.25) is 5.91 Å². The van der Waals surface area contributed by atoms with Gasteiger partial charge in [0.05, 0.1) is 6.42 Å². The second-order valence-electron chi connectivity index (χ2n) is 9.57. The molecule has 9 nitrogen and oxygen atoms in total. The van der Waals surface area contributed by atoms with Gasteiger partial charge in [0, 0.05) is 0 Å². The molecular weight excluding hydrogens is 452 g/mol. The first kappa shape index (κ1) is 24.4. The first-order chi connectivity index (χ1) is 16.6. The van der Waals surface area contributed by atoms with Gasteiger partial charge in [-0.2, -0.15) is 0 Å². The molecule has 2 aliphatic heterocycles. The van der Waals surface area contributed by atoms with Crippen molar-refractivity contribution in [3.05, 3.63) is 71.3 Å². The van der Waals surface area contributed by atoms with Crippen LogP contribution in [0.5, 0.6) is 0 Å². The van der Waals surface area contributed by atoms with Gasteiger partial charge in [-0.1, -0.05) is 54.6 Å². The van der Waals surface area contributed by atoms with Crippen LogP contribution in [0.4, 0.5) is 4.79 Å². The predicted octanol–water partition coefficient (Wildman–Crippen LogP) is 2.88. The van der Waals surface area contributed by atoms with Crippen molar-refractivity contribution in [2.45, 2.75) is 63.8 Å². The van der Waals surface area contributed by atoms with Crippen LogP contribution in [0.1, 0.15) is 56.0 Å². The number of aldehydes is 1. The first-order valence-electron chi connectivity index (χ1n) is 11.4. The van der Waals surface area contributed by atoms with Gasteiger partial charge in [-0.15, -0.1) is 0 Å². The minimum Gasteiger partial charge on any atom is -0.460 e. The molecule has 2 heterocycles. The molecule has 4 rings (SSSR count). The van der Waals surface area contributed by atoms with Crippen molar-refractivity contribution in [3.63, 3.8) is 0 Å². The van der Waals surface area contributed by atoms with E-state index in [1.165, 1.54) is 4.90 Å². The molecule has 1 saturated heterocycles. The van der Waals surface area contributed by atoms with Crippen molar-refractivity contribution >= 4 is 24.3 Å². The fourth-order valence-electron chi connectivity index (χ4n) is 4.62. The van der Waals surface area contributed by atoms with Crippen molar-refractivity contribution in [2.75, 3.05) is 0 Å². The van der Waals surface area contributed by atoms with Gasteiger partial charge in [0.1, 0.15) is 36.6 Å². The maximum Gasteiger partial charge on any atom is 0.412 e. The average molecular weight is 481 g/mol. The normalized spacial score (nSPS) is 23.4. The molecule has 184 valence electrons. The minimum absolute atomic E-state index is 0.0851. The van der Waals surface area contributed by atoms with Crippen LogP contribution in [0.3, 0.4) is 0 Å². The molecule has 0 aliphatic carbocycles. The predicted molar refractivity (Wildman–Crippen MR) is 124 cm³/mol. The Kier molecular flexibility index (Phi) is 6.62. The average Bonchev–Trinajstić information content (AvgIpc) is 3.15. The van der Waals surface area contributed by atoms with Gasteiger partial charge < -0.3 is 24.3 Å². The smallest absolute Gasteiger partial charge is 0.412 e. The van der Waals surface area contributed by atoms with Gasteiger partial charge in [-0.05, 0) is 37.5 Å². The Morgan fingerprint density at radius 1 is 1.03 bits per heavy atom. The summed E-state index contributed by atoms with van der Waals surface area (Å²) in [5, 5.41) is 11.4. The Morgan fingerprint density at radius 2 is 1.66 bits per heavy atom. The van der Waals surface area contributed by atoms with Crippen LogP contribution in [0.15, 0.2) is 54.6 Å². The lowest BCUT2D eigenvalue weighted by molar-refractivity contribution is -0.175. The summed E-state index contributed by atoms with van der Waals surface area (Å²) >= 11 is 0. The van der Waals surface area contributed by atoms with Crippen LogP contribution in [0.25, 0.3) is 0 Å². The lowest BCUT2D eigenvalue weighted by Gasteiger charge is -2.46. The number of carbonyl (C=O) groups is 4. The zero-order chi connectivity index (χ0) is 25.3. The molecule has 2 aromatic carbocycles. The highest BCUT2D eigenvalue weighted by atomic mass is 16.6. The Hall–Kier alpha value is -3.72. The van der Waals surface area contributed by atoms with Gasteiger partial charge in [0.15, 0.2) is 6.23 Å². The summed E-state index contributed by atoms with van der Waals surface area (Å²) in [5.41, 5.74) is 1.03. The number of amides is 2. The maximum atomic E-state index is 13.7. The largest absolute Gasteiger partial charge is 0.460 e. The summed E-state index contributed by atoms with van der Waals surface area (Å²) in [6.07, 6.45) is -2.37. The number of carbonyl (C=O) groups excluding carboxylic acids is 4. The van der Waals surface area contributed by atoms with E-state index in [1.54, 1.807) is 69.3 Å². The summed E-state index contributed by atoms with van der Waals surface area (Å²) in [6, 6.07) is 12.5. The highest BCUT2D eigenvalue weighted by molar-refractivity contribution is 5.94. The number of piperazine rings is 1. The van der Waals surface area contributed by atoms with Crippen molar-refractivity contribution in [2.24, 2.45) is 0 Å². The zero-order valence-corrected chi connectivity index (χ0v) is 19.8. The molecule has 0 aromatic heterocycles. The number of rotatable bonds is 5. The monoisotopic (exact) mass is 480 g/mol.